The van der Waals surface area contributed by atoms with Gasteiger partial charge in [0.15, 0.2) is 0 Å². The average molecular weight is 308 g/mol. The number of nitrogens with zero attached hydrogens (tertiary/aromatic N) is 3. The topological polar surface area (TPSA) is 70.5 Å². The van der Waals surface area contributed by atoms with Crippen molar-refractivity contribution in [1.29, 1.82) is 0 Å². The summed E-state index contributed by atoms with van der Waals surface area (Å²) in [4.78, 5) is 2.18. The van der Waals surface area contributed by atoms with E-state index in [4.69, 9.17) is 4.74 Å². The van der Waals surface area contributed by atoms with E-state index in [-0.39, 0.29) is 12.1 Å². The number of morpholine rings is 1. The van der Waals surface area contributed by atoms with Crippen molar-refractivity contribution >= 4 is 22.8 Å². The minimum atomic E-state index is -0.341. The molecule has 1 fully saturated rings. The number of rotatable bonds is 5. The lowest BCUT2D eigenvalue weighted by molar-refractivity contribution is -0.0784. The highest BCUT2D eigenvalue weighted by atomic mass is 32.1. The highest BCUT2D eigenvalue weighted by Gasteiger charge is 2.36. The lowest BCUT2D eigenvalue weighted by Gasteiger charge is -2.43. The molecular formula is C14H20N4O2S. The first-order valence-corrected chi connectivity index (χ1v) is 7.79. The van der Waals surface area contributed by atoms with E-state index in [1.165, 1.54) is 11.7 Å². The van der Waals surface area contributed by atoms with Crippen LogP contribution in [0.3, 0.4) is 0 Å². The summed E-state index contributed by atoms with van der Waals surface area (Å²) in [6.07, 6.45) is 0. The van der Waals surface area contributed by atoms with Gasteiger partial charge in [0.1, 0.15) is 11.0 Å². The van der Waals surface area contributed by atoms with Crippen molar-refractivity contribution in [2.24, 2.45) is 0 Å². The molecule has 0 bridgehead atoms. The van der Waals surface area contributed by atoms with Gasteiger partial charge in [-0.15, -0.1) is 0 Å². The second kappa shape index (κ2) is 6.33. The van der Waals surface area contributed by atoms with Crippen molar-refractivity contribution in [2.75, 3.05) is 40.0 Å². The van der Waals surface area contributed by atoms with Crippen LogP contribution in [0.15, 0.2) is 18.2 Å². The monoisotopic (exact) mass is 308 g/mol. The molecule has 1 unspecified atom stereocenters. The number of aliphatic hydroxyl groups is 1. The van der Waals surface area contributed by atoms with E-state index in [0.29, 0.717) is 19.7 Å². The SMILES string of the molecule is CN1CCOCC1(CO)CNCc1cccc2nsnc12. The number of hydrogen-bond acceptors (Lipinski definition) is 7. The third kappa shape index (κ3) is 2.93. The molecule has 6 nitrogen and oxygen atoms in total. The molecule has 2 heterocycles. The molecule has 0 amide bonds. The number of aromatic nitrogens is 2. The lowest BCUT2D eigenvalue weighted by Crippen LogP contribution is -2.62. The molecule has 21 heavy (non-hydrogen) atoms. The Morgan fingerprint density at radius 1 is 1.48 bits per heavy atom. The summed E-state index contributed by atoms with van der Waals surface area (Å²) in [6, 6.07) is 6.03. The van der Waals surface area contributed by atoms with Gasteiger partial charge in [-0.25, -0.2) is 0 Å². The normalized spacial score (nSPS) is 23.7. The molecule has 1 aliphatic heterocycles. The molecule has 1 saturated heterocycles. The first-order valence-electron chi connectivity index (χ1n) is 7.06. The minimum absolute atomic E-state index is 0.0823. The zero-order valence-corrected chi connectivity index (χ0v) is 12.9. The third-order valence-corrected chi connectivity index (χ3v) is 4.73. The molecule has 1 atom stereocenters. The largest absolute Gasteiger partial charge is 0.394 e. The number of likely N-dealkylation sites (N-methyl/N-ethyl adjacent to an activating group) is 1. The van der Waals surface area contributed by atoms with Crippen LogP contribution in [0.1, 0.15) is 5.56 Å². The van der Waals surface area contributed by atoms with Crippen LogP contribution in [-0.2, 0) is 11.3 Å². The van der Waals surface area contributed by atoms with Crippen LogP contribution in [0, 0.1) is 0 Å². The molecule has 0 saturated carbocycles. The summed E-state index contributed by atoms with van der Waals surface area (Å²) in [5.74, 6) is 0. The molecular weight excluding hydrogens is 288 g/mol. The molecule has 1 aromatic heterocycles. The molecule has 0 radical (unpaired) electrons. The molecule has 1 aromatic carbocycles. The van der Waals surface area contributed by atoms with Crippen molar-refractivity contribution in [1.82, 2.24) is 19.0 Å². The summed E-state index contributed by atoms with van der Waals surface area (Å²) in [7, 11) is 2.03. The maximum atomic E-state index is 9.77. The fourth-order valence-electron chi connectivity index (χ4n) is 2.65. The molecule has 3 rings (SSSR count). The fraction of sp³-hybridized carbons (Fsp3) is 0.571. The van der Waals surface area contributed by atoms with Gasteiger partial charge in [0, 0.05) is 19.6 Å². The number of hydrogen-bond donors (Lipinski definition) is 2. The van der Waals surface area contributed by atoms with E-state index in [1.807, 2.05) is 19.2 Å². The fourth-order valence-corrected chi connectivity index (χ4v) is 3.22. The first-order chi connectivity index (χ1) is 10.2. The zero-order chi connectivity index (χ0) is 14.7. The minimum Gasteiger partial charge on any atom is -0.394 e. The van der Waals surface area contributed by atoms with Gasteiger partial charge in [-0.1, -0.05) is 12.1 Å². The average Bonchev–Trinajstić information content (AvgIpc) is 2.99. The van der Waals surface area contributed by atoms with E-state index in [2.05, 4.69) is 25.0 Å². The van der Waals surface area contributed by atoms with Gasteiger partial charge < -0.3 is 15.2 Å². The van der Waals surface area contributed by atoms with Crippen LogP contribution in [0.5, 0.6) is 0 Å². The van der Waals surface area contributed by atoms with Crippen LogP contribution in [0.4, 0.5) is 0 Å². The number of benzene rings is 1. The number of ether oxygens (including phenoxy) is 1. The number of fused-ring (bicyclic) bond motifs is 1. The highest BCUT2D eigenvalue weighted by molar-refractivity contribution is 7.00. The Kier molecular flexibility index (Phi) is 4.46. The molecule has 2 N–H and O–H groups in total. The number of aliphatic hydroxyl groups excluding tert-OH is 1. The third-order valence-electron chi connectivity index (χ3n) is 4.18. The maximum Gasteiger partial charge on any atom is 0.109 e. The predicted octanol–water partition coefficient (Wildman–Crippen LogP) is 0.474. The zero-order valence-electron chi connectivity index (χ0n) is 12.1. The predicted molar refractivity (Wildman–Crippen MR) is 82.4 cm³/mol. The van der Waals surface area contributed by atoms with E-state index in [9.17, 15) is 5.11 Å². The van der Waals surface area contributed by atoms with E-state index >= 15 is 0 Å². The highest BCUT2D eigenvalue weighted by Crippen LogP contribution is 2.19. The van der Waals surface area contributed by atoms with Crippen LogP contribution in [-0.4, -0.2) is 64.3 Å². The van der Waals surface area contributed by atoms with Gasteiger partial charge in [0.25, 0.3) is 0 Å². The van der Waals surface area contributed by atoms with Crippen LogP contribution in [0.2, 0.25) is 0 Å². The van der Waals surface area contributed by atoms with Gasteiger partial charge in [-0.3, -0.25) is 4.90 Å². The molecule has 0 spiro atoms. The Hall–Kier alpha value is -1.12. The van der Waals surface area contributed by atoms with Crippen LogP contribution >= 0.6 is 11.7 Å². The lowest BCUT2D eigenvalue weighted by atomic mass is 9.98. The standard InChI is InChI=1S/C14H20N4O2S/c1-18-5-6-20-10-14(18,9-19)8-15-7-11-3-2-4-12-13(11)17-21-16-12/h2-4,15,19H,5-10H2,1H3. The van der Waals surface area contributed by atoms with Crippen molar-refractivity contribution in [3.63, 3.8) is 0 Å². The Labute approximate surface area is 128 Å². The second-order valence-electron chi connectivity index (χ2n) is 5.51. The Bertz CT molecular complexity index is 605. The van der Waals surface area contributed by atoms with Gasteiger partial charge in [-0.05, 0) is 18.7 Å². The smallest absolute Gasteiger partial charge is 0.109 e. The Balaban J connectivity index is 1.66. The van der Waals surface area contributed by atoms with E-state index in [0.717, 1.165) is 29.7 Å². The van der Waals surface area contributed by atoms with Crippen molar-refractivity contribution in [3.8, 4) is 0 Å². The quantitative estimate of drug-likeness (QED) is 0.837. The summed E-state index contributed by atoms with van der Waals surface area (Å²) >= 11 is 1.24. The summed E-state index contributed by atoms with van der Waals surface area (Å²) < 4.78 is 14.1. The number of nitrogens with one attached hydrogen (secondary N) is 1. The summed E-state index contributed by atoms with van der Waals surface area (Å²) in [5.41, 5.74) is 2.69. The van der Waals surface area contributed by atoms with Gasteiger partial charge >= 0.3 is 0 Å². The Morgan fingerprint density at radius 3 is 3.19 bits per heavy atom. The van der Waals surface area contributed by atoms with Crippen LogP contribution in [0.25, 0.3) is 11.0 Å². The van der Waals surface area contributed by atoms with Gasteiger partial charge in [0.2, 0.25) is 0 Å². The second-order valence-corrected chi connectivity index (χ2v) is 6.04. The van der Waals surface area contributed by atoms with Crippen LogP contribution < -0.4 is 5.32 Å². The molecule has 114 valence electrons. The molecule has 0 aliphatic carbocycles. The molecule has 2 aromatic rings. The van der Waals surface area contributed by atoms with Crippen molar-refractivity contribution in [3.05, 3.63) is 23.8 Å². The first kappa shape index (κ1) is 14.8. The van der Waals surface area contributed by atoms with E-state index < -0.39 is 0 Å². The van der Waals surface area contributed by atoms with E-state index in [1.54, 1.807) is 0 Å². The molecule has 7 heteroatoms. The Morgan fingerprint density at radius 2 is 2.38 bits per heavy atom. The summed E-state index contributed by atoms with van der Waals surface area (Å²) in [6.45, 7) is 3.58. The van der Waals surface area contributed by atoms with Gasteiger partial charge in [0.05, 0.1) is 37.1 Å². The van der Waals surface area contributed by atoms with Crippen molar-refractivity contribution in [2.45, 2.75) is 12.1 Å². The summed E-state index contributed by atoms with van der Waals surface area (Å²) in [5, 5.41) is 13.2. The maximum absolute atomic E-state index is 9.77. The molecule has 1 aliphatic rings. The van der Waals surface area contributed by atoms with Crippen molar-refractivity contribution < 1.29 is 9.84 Å². The van der Waals surface area contributed by atoms with Gasteiger partial charge in [-0.2, -0.15) is 8.75 Å².